The Bertz CT molecular complexity index is 706. The highest BCUT2D eigenvalue weighted by atomic mass is 32.1. The fourth-order valence-corrected chi connectivity index (χ4v) is 2.64. The monoisotopic (exact) mass is 307 g/mol. The van der Waals surface area contributed by atoms with Crippen molar-refractivity contribution < 1.29 is 9.53 Å². The molecule has 1 heterocycles. The van der Waals surface area contributed by atoms with Crippen LogP contribution in [0.15, 0.2) is 28.4 Å². The Morgan fingerprint density at radius 3 is 2.81 bits per heavy atom. The van der Waals surface area contributed by atoms with Crippen molar-refractivity contribution in [2.75, 3.05) is 18.2 Å². The number of hydrogen-bond donors (Lipinski definition) is 2. The highest BCUT2D eigenvalue weighted by Gasteiger charge is 2.09. The van der Waals surface area contributed by atoms with Gasteiger partial charge in [0.15, 0.2) is 0 Å². The van der Waals surface area contributed by atoms with Crippen LogP contribution in [-0.2, 0) is 11.3 Å². The molecule has 0 aliphatic carbocycles. The Morgan fingerprint density at radius 2 is 2.24 bits per heavy atom. The molecule has 6 nitrogen and oxygen atoms in total. The van der Waals surface area contributed by atoms with Crippen LogP contribution in [0.4, 0.5) is 11.4 Å². The first-order valence-electron chi connectivity index (χ1n) is 6.39. The number of benzene rings is 1. The van der Waals surface area contributed by atoms with Gasteiger partial charge in [0.05, 0.1) is 18.5 Å². The number of amides is 1. The lowest BCUT2D eigenvalue weighted by molar-refractivity contribution is -0.116. The van der Waals surface area contributed by atoms with Crippen LogP contribution in [0.1, 0.15) is 12.1 Å². The molecule has 0 unspecified atom stereocenters. The van der Waals surface area contributed by atoms with Gasteiger partial charge in [-0.3, -0.25) is 9.59 Å². The van der Waals surface area contributed by atoms with E-state index in [1.807, 2.05) is 6.92 Å². The number of aromatic nitrogens is 1. The number of nitrogens with zero attached hydrogens (tertiary/aromatic N) is 1. The first kappa shape index (κ1) is 15.1. The molecular formula is C14H17N3O3S. The van der Waals surface area contributed by atoms with Crippen molar-refractivity contribution in [3.05, 3.63) is 38.9 Å². The second kappa shape index (κ2) is 6.45. The Balaban J connectivity index is 1.98. The molecule has 3 N–H and O–H groups in total. The number of nitrogen functional groups attached to an aromatic ring is 1. The fraction of sp³-hybridized carbons (Fsp3) is 0.286. The predicted octanol–water partition coefficient (Wildman–Crippen LogP) is 1.84. The van der Waals surface area contributed by atoms with Gasteiger partial charge < -0.3 is 20.4 Å². The van der Waals surface area contributed by atoms with Crippen LogP contribution in [0.3, 0.4) is 0 Å². The number of aryl methyl sites for hydroxylation is 1. The Kier molecular flexibility index (Phi) is 4.64. The molecule has 112 valence electrons. The number of nitrogens with two attached hydrogens (primary N) is 1. The van der Waals surface area contributed by atoms with E-state index in [1.165, 1.54) is 0 Å². The molecule has 2 rings (SSSR count). The maximum absolute atomic E-state index is 11.9. The maximum atomic E-state index is 11.9. The van der Waals surface area contributed by atoms with E-state index >= 15 is 0 Å². The lowest BCUT2D eigenvalue weighted by atomic mass is 10.2. The number of carbonyl (C=O) groups is 1. The van der Waals surface area contributed by atoms with Gasteiger partial charge in [0, 0.05) is 30.1 Å². The van der Waals surface area contributed by atoms with Crippen molar-refractivity contribution in [2.45, 2.75) is 19.9 Å². The molecule has 0 atom stereocenters. The zero-order valence-corrected chi connectivity index (χ0v) is 12.7. The van der Waals surface area contributed by atoms with Crippen molar-refractivity contribution in [1.82, 2.24) is 4.57 Å². The van der Waals surface area contributed by atoms with Crippen molar-refractivity contribution >= 4 is 28.6 Å². The Morgan fingerprint density at radius 1 is 1.48 bits per heavy atom. The van der Waals surface area contributed by atoms with Gasteiger partial charge in [-0.15, -0.1) is 0 Å². The van der Waals surface area contributed by atoms with Crippen LogP contribution in [0.2, 0.25) is 0 Å². The summed E-state index contributed by atoms with van der Waals surface area (Å²) in [4.78, 5) is 23.4. The highest BCUT2D eigenvalue weighted by molar-refractivity contribution is 7.07. The molecule has 0 bridgehead atoms. The van der Waals surface area contributed by atoms with Crippen LogP contribution in [0.5, 0.6) is 5.75 Å². The summed E-state index contributed by atoms with van der Waals surface area (Å²) in [6.45, 7) is 2.20. The van der Waals surface area contributed by atoms with Gasteiger partial charge in [0.2, 0.25) is 5.91 Å². The number of thiazole rings is 1. The van der Waals surface area contributed by atoms with Gasteiger partial charge in [-0.1, -0.05) is 11.3 Å². The average molecular weight is 307 g/mol. The van der Waals surface area contributed by atoms with Gasteiger partial charge >= 0.3 is 4.87 Å². The molecule has 0 spiro atoms. The number of methoxy groups -OCH3 is 1. The van der Waals surface area contributed by atoms with Crippen molar-refractivity contribution in [2.24, 2.45) is 0 Å². The molecule has 1 aromatic heterocycles. The van der Waals surface area contributed by atoms with E-state index in [9.17, 15) is 9.59 Å². The van der Waals surface area contributed by atoms with Crippen molar-refractivity contribution in [3.63, 3.8) is 0 Å². The fourth-order valence-electron chi connectivity index (χ4n) is 1.88. The third-order valence-electron chi connectivity index (χ3n) is 3.07. The number of nitrogens with one attached hydrogen (secondary N) is 1. The van der Waals surface area contributed by atoms with E-state index in [-0.39, 0.29) is 17.2 Å². The SMILES string of the molecule is COc1ccc(NC(=O)CCn2c(C)csc2=O)c(N)c1. The summed E-state index contributed by atoms with van der Waals surface area (Å²) in [5, 5.41) is 4.51. The number of rotatable bonds is 5. The molecule has 1 amide bonds. The summed E-state index contributed by atoms with van der Waals surface area (Å²) in [5.41, 5.74) is 7.67. The molecule has 7 heteroatoms. The lowest BCUT2D eigenvalue weighted by Gasteiger charge is -2.10. The molecule has 0 fully saturated rings. The molecule has 0 aliphatic heterocycles. The van der Waals surface area contributed by atoms with Gasteiger partial charge in [-0.25, -0.2) is 0 Å². The van der Waals surface area contributed by atoms with Crippen LogP contribution in [-0.4, -0.2) is 17.6 Å². The summed E-state index contributed by atoms with van der Waals surface area (Å²) in [5.74, 6) is 0.440. The third-order valence-corrected chi connectivity index (χ3v) is 3.95. The number of ether oxygens (including phenoxy) is 1. The first-order chi connectivity index (χ1) is 10.0. The van der Waals surface area contributed by atoms with Crippen LogP contribution in [0, 0.1) is 6.92 Å². The molecular weight excluding hydrogens is 290 g/mol. The van der Waals surface area contributed by atoms with Gasteiger partial charge in [0.25, 0.3) is 0 Å². The number of carbonyl (C=O) groups excluding carboxylic acids is 1. The topological polar surface area (TPSA) is 86.3 Å². The van der Waals surface area contributed by atoms with E-state index in [4.69, 9.17) is 10.5 Å². The molecule has 21 heavy (non-hydrogen) atoms. The third kappa shape index (κ3) is 3.63. The minimum absolute atomic E-state index is 0.0516. The van der Waals surface area contributed by atoms with Gasteiger partial charge in [-0.05, 0) is 19.1 Å². The molecule has 1 aromatic carbocycles. The van der Waals surface area contributed by atoms with Crippen LogP contribution >= 0.6 is 11.3 Å². The zero-order chi connectivity index (χ0) is 15.4. The minimum atomic E-state index is -0.190. The summed E-state index contributed by atoms with van der Waals surface area (Å²) in [6.07, 6.45) is 0.211. The standard InChI is InChI=1S/C14H17N3O3S/c1-9-8-21-14(19)17(9)6-5-13(18)16-12-4-3-10(20-2)7-11(12)15/h3-4,7-8H,5-6,15H2,1-2H3,(H,16,18). The summed E-state index contributed by atoms with van der Waals surface area (Å²) in [7, 11) is 1.55. The van der Waals surface area contributed by atoms with E-state index in [1.54, 1.807) is 35.3 Å². The molecule has 2 aromatic rings. The minimum Gasteiger partial charge on any atom is -0.497 e. The lowest BCUT2D eigenvalue weighted by Crippen LogP contribution is -2.20. The zero-order valence-electron chi connectivity index (χ0n) is 11.9. The van der Waals surface area contributed by atoms with Gasteiger partial charge in [0.1, 0.15) is 5.75 Å². The number of hydrogen-bond acceptors (Lipinski definition) is 5. The Hall–Kier alpha value is -2.28. The normalized spacial score (nSPS) is 10.4. The van der Waals surface area contributed by atoms with E-state index in [0.29, 0.717) is 23.7 Å². The second-order valence-electron chi connectivity index (χ2n) is 4.55. The average Bonchev–Trinajstić information content (AvgIpc) is 2.78. The smallest absolute Gasteiger partial charge is 0.307 e. The molecule has 0 aliphatic rings. The second-order valence-corrected chi connectivity index (χ2v) is 5.37. The van der Waals surface area contributed by atoms with E-state index in [2.05, 4.69) is 5.32 Å². The first-order valence-corrected chi connectivity index (χ1v) is 7.27. The molecule has 0 radical (unpaired) electrons. The molecule has 0 saturated carbocycles. The summed E-state index contributed by atoms with van der Waals surface area (Å²) < 4.78 is 6.63. The van der Waals surface area contributed by atoms with Crippen LogP contribution in [0.25, 0.3) is 0 Å². The van der Waals surface area contributed by atoms with Crippen molar-refractivity contribution in [1.29, 1.82) is 0 Å². The summed E-state index contributed by atoms with van der Waals surface area (Å²) in [6, 6.07) is 5.05. The molecule has 0 saturated heterocycles. The van der Waals surface area contributed by atoms with Gasteiger partial charge in [-0.2, -0.15) is 0 Å². The van der Waals surface area contributed by atoms with Crippen LogP contribution < -0.4 is 20.7 Å². The largest absolute Gasteiger partial charge is 0.497 e. The highest BCUT2D eigenvalue weighted by Crippen LogP contribution is 2.24. The number of anilines is 2. The maximum Gasteiger partial charge on any atom is 0.307 e. The summed E-state index contributed by atoms with van der Waals surface area (Å²) >= 11 is 1.14. The van der Waals surface area contributed by atoms with E-state index < -0.39 is 0 Å². The quantitative estimate of drug-likeness (QED) is 0.825. The predicted molar refractivity (Wildman–Crippen MR) is 84.0 cm³/mol. The van der Waals surface area contributed by atoms with E-state index in [0.717, 1.165) is 17.0 Å². The van der Waals surface area contributed by atoms with Crippen molar-refractivity contribution in [3.8, 4) is 5.75 Å². The Labute approximate surface area is 126 Å².